The van der Waals surface area contributed by atoms with Gasteiger partial charge in [-0.05, 0) is 47.5 Å². The van der Waals surface area contributed by atoms with Crippen LogP contribution in [0.3, 0.4) is 0 Å². The quantitative estimate of drug-likeness (QED) is 0.758. The van der Waals surface area contributed by atoms with Crippen LogP contribution in [0.25, 0.3) is 11.1 Å². The van der Waals surface area contributed by atoms with Gasteiger partial charge >= 0.3 is 0 Å². The number of nitrogen functional groups attached to an aromatic ring is 1. The molecule has 2 aromatic carbocycles. The zero-order valence-corrected chi connectivity index (χ0v) is 13.9. The second-order valence-corrected chi connectivity index (χ2v) is 5.92. The molecular weight excluding hydrogens is 330 g/mol. The van der Waals surface area contributed by atoms with Crippen molar-refractivity contribution in [3.05, 3.63) is 71.9 Å². The van der Waals surface area contributed by atoms with Gasteiger partial charge < -0.3 is 20.5 Å². The van der Waals surface area contributed by atoms with E-state index < -0.39 is 0 Å². The van der Waals surface area contributed by atoms with E-state index in [1.165, 1.54) is 0 Å². The van der Waals surface area contributed by atoms with E-state index in [2.05, 4.69) is 10.3 Å². The first-order chi connectivity index (χ1) is 12.7. The molecule has 6 heteroatoms. The Labute approximate surface area is 150 Å². The first kappa shape index (κ1) is 16.0. The first-order valence-corrected chi connectivity index (χ1v) is 8.18. The van der Waals surface area contributed by atoms with Crippen molar-refractivity contribution in [3.63, 3.8) is 0 Å². The smallest absolute Gasteiger partial charge is 0.251 e. The van der Waals surface area contributed by atoms with Crippen LogP contribution in [0, 0.1) is 0 Å². The number of aromatic nitrogens is 1. The summed E-state index contributed by atoms with van der Waals surface area (Å²) in [5, 5.41) is 2.92. The molecule has 0 fully saturated rings. The molecule has 0 radical (unpaired) electrons. The third-order valence-electron chi connectivity index (χ3n) is 4.13. The Morgan fingerprint density at radius 2 is 1.92 bits per heavy atom. The molecule has 3 aromatic rings. The highest BCUT2D eigenvalue weighted by Gasteiger charge is 2.14. The fourth-order valence-corrected chi connectivity index (χ4v) is 2.75. The number of benzene rings is 2. The van der Waals surface area contributed by atoms with Crippen LogP contribution in [0.1, 0.15) is 15.9 Å². The van der Waals surface area contributed by atoms with E-state index in [1.807, 2.05) is 42.5 Å². The highest BCUT2D eigenvalue weighted by atomic mass is 16.7. The average molecular weight is 347 g/mol. The largest absolute Gasteiger partial charge is 0.454 e. The van der Waals surface area contributed by atoms with E-state index in [0.29, 0.717) is 23.7 Å². The minimum absolute atomic E-state index is 0.145. The van der Waals surface area contributed by atoms with Crippen LogP contribution in [0.5, 0.6) is 11.5 Å². The van der Waals surface area contributed by atoms with Crippen LogP contribution < -0.4 is 20.5 Å². The maximum Gasteiger partial charge on any atom is 0.251 e. The van der Waals surface area contributed by atoms with E-state index >= 15 is 0 Å². The van der Waals surface area contributed by atoms with Gasteiger partial charge in [-0.25, -0.2) is 4.98 Å². The summed E-state index contributed by atoms with van der Waals surface area (Å²) in [6, 6.07) is 16.6. The van der Waals surface area contributed by atoms with Crippen LogP contribution in [0.4, 0.5) is 5.82 Å². The molecule has 3 N–H and O–H groups in total. The van der Waals surface area contributed by atoms with Crippen molar-refractivity contribution in [2.24, 2.45) is 0 Å². The topological polar surface area (TPSA) is 86.5 Å². The summed E-state index contributed by atoms with van der Waals surface area (Å²) in [5.74, 6) is 1.75. The number of pyridine rings is 1. The average Bonchev–Trinajstić information content (AvgIpc) is 3.14. The summed E-state index contributed by atoms with van der Waals surface area (Å²) in [5.41, 5.74) is 8.97. The first-order valence-electron chi connectivity index (χ1n) is 8.18. The van der Waals surface area contributed by atoms with Gasteiger partial charge in [0.15, 0.2) is 11.5 Å². The van der Waals surface area contributed by atoms with E-state index in [4.69, 9.17) is 15.2 Å². The molecule has 1 aromatic heterocycles. The monoisotopic (exact) mass is 347 g/mol. The lowest BCUT2D eigenvalue weighted by molar-refractivity contribution is 0.0951. The second kappa shape index (κ2) is 6.76. The van der Waals surface area contributed by atoms with Crippen LogP contribution in [0.15, 0.2) is 60.8 Å². The number of anilines is 1. The van der Waals surface area contributed by atoms with Gasteiger partial charge in [-0.15, -0.1) is 0 Å². The van der Waals surface area contributed by atoms with E-state index in [9.17, 15) is 4.79 Å². The number of nitrogens with one attached hydrogen (secondary N) is 1. The molecule has 0 saturated carbocycles. The van der Waals surface area contributed by atoms with Gasteiger partial charge in [-0.2, -0.15) is 0 Å². The Morgan fingerprint density at radius 1 is 1.04 bits per heavy atom. The van der Waals surface area contributed by atoms with Crippen molar-refractivity contribution in [2.75, 3.05) is 12.5 Å². The Kier molecular flexibility index (Phi) is 4.15. The van der Waals surface area contributed by atoms with Gasteiger partial charge in [0.25, 0.3) is 5.91 Å². The van der Waals surface area contributed by atoms with Crippen molar-refractivity contribution in [3.8, 4) is 22.6 Å². The van der Waals surface area contributed by atoms with Gasteiger partial charge in [0, 0.05) is 23.9 Å². The molecule has 130 valence electrons. The number of rotatable bonds is 4. The molecule has 1 aliphatic rings. The van der Waals surface area contributed by atoms with Gasteiger partial charge in [-0.1, -0.05) is 18.2 Å². The van der Waals surface area contributed by atoms with Crippen molar-refractivity contribution in [1.82, 2.24) is 10.3 Å². The predicted octanol–water partition coefficient (Wildman–Crippen LogP) is 2.99. The second-order valence-electron chi connectivity index (χ2n) is 5.92. The highest BCUT2D eigenvalue weighted by molar-refractivity contribution is 5.95. The van der Waals surface area contributed by atoms with Crippen LogP contribution in [-0.4, -0.2) is 17.7 Å². The van der Waals surface area contributed by atoms with Crippen molar-refractivity contribution in [1.29, 1.82) is 0 Å². The van der Waals surface area contributed by atoms with Crippen molar-refractivity contribution >= 4 is 11.7 Å². The lowest BCUT2D eigenvalue weighted by atomic mass is 10.0. The molecule has 1 amide bonds. The van der Waals surface area contributed by atoms with Gasteiger partial charge in [-0.3, -0.25) is 4.79 Å². The van der Waals surface area contributed by atoms with Gasteiger partial charge in [0.1, 0.15) is 5.82 Å². The molecule has 2 heterocycles. The maximum absolute atomic E-state index is 12.5. The Hall–Kier alpha value is -3.54. The number of nitrogens with zero attached hydrogens (tertiary/aromatic N) is 1. The molecule has 0 atom stereocenters. The molecule has 1 aliphatic heterocycles. The molecule has 0 spiro atoms. The number of carbonyl (C=O) groups is 1. The van der Waals surface area contributed by atoms with Gasteiger partial charge in [0.05, 0.1) is 0 Å². The lowest BCUT2D eigenvalue weighted by Gasteiger charge is -2.08. The minimum Gasteiger partial charge on any atom is -0.454 e. The Morgan fingerprint density at radius 3 is 2.77 bits per heavy atom. The van der Waals surface area contributed by atoms with Crippen molar-refractivity contribution in [2.45, 2.75) is 6.54 Å². The lowest BCUT2D eigenvalue weighted by Crippen LogP contribution is -2.22. The van der Waals surface area contributed by atoms with Crippen LogP contribution >= 0.6 is 0 Å². The standard InChI is InChI=1S/C20H17N3O3/c21-19-7-5-16(11-22-19)14-2-1-3-15(9-14)20(24)23-10-13-4-6-17-18(8-13)26-12-25-17/h1-9,11H,10,12H2,(H2,21,22)(H,23,24). The third kappa shape index (κ3) is 3.30. The molecule has 4 rings (SSSR count). The number of nitrogens with two attached hydrogens (primary N) is 1. The number of hydrogen-bond donors (Lipinski definition) is 2. The predicted molar refractivity (Wildman–Crippen MR) is 97.8 cm³/mol. The van der Waals surface area contributed by atoms with E-state index in [-0.39, 0.29) is 12.7 Å². The SMILES string of the molecule is Nc1ccc(-c2cccc(C(=O)NCc3ccc4c(c3)OCO4)c2)cn1. The summed E-state index contributed by atoms with van der Waals surface area (Å²) >= 11 is 0. The summed E-state index contributed by atoms with van der Waals surface area (Å²) in [6.07, 6.45) is 1.69. The molecular formula is C20H17N3O3. The Bertz CT molecular complexity index is 955. The highest BCUT2D eigenvalue weighted by Crippen LogP contribution is 2.32. The number of amides is 1. The molecule has 0 aliphatic carbocycles. The fourth-order valence-electron chi connectivity index (χ4n) is 2.75. The summed E-state index contributed by atoms with van der Waals surface area (Å²) in [7, 11) is 0. The number of carbonyl (C=O) groups excluding carboxylic acids is 1. The third-order valence-corrected chi connectivity index (χ3v) is 4.13. The molecule has 0 unspecified atom stereocenters. The molecule has 0 saturated heterocycles. The van der Waals surface area contributed by atoms with Crippen molar-refractivity contribution < 1.29 is 14.3 Å². The van der Waals surface area contributed by atoms with E-state index in [1.54, 1.807) is 18.3 Å². The molecule has 26 heavy (non-hydrogen) atoms. The Balaban J connectivity index is 1.46. The molecule has 0 bridgehead atoms. The van der Waals surface area contributed by atoms with Crippen LogP contribution in [0.2, 0.25) is 0 Å². The normalized spacial score (nSPS) is 12.0. The number of ether oxygens (including phenoxy) is 2. The number of hydrogen-bond acceptors (Lipinski definition) is 5. The minimum atomic E-state index is -0.145. The zero-order chi connectivity index (χ0) is 17.9. The fraction of sp³-hybridized carbons (Fsp3) is 0.100. The number of fused-ring (bicyclic) bond motifs is 1. The zero-order valence-electron chi connectivity index (χ0n) is 13.9. The van der Waals surface area contributed by atoms with E-state index in [0.717, 1.165) is 22.4 Å². The summed E-state index contributed by atoms with van der Waals surface area (Å²) < 4.78 is 10.6. The molecule has 6 nitrogen and oxygen atoms in total. The summed E-state index contributed by atoms with van der Waals surface area (Å²) in [6.45, 7) is 0.640. The van der Waals surface area contributed by atoms with Crippen LogP contribution in [-0.2, 0) is 6.54 Å². The summed E-state index contributed by atoms with van der Waals surface area (Å²) in [4.78, 5) is 16.6. The van der Waals surface area contributed by atoms with Gasteiger partial charge in [0.2, 0.25) is 6.79 Å². The maximum atomic E-state index is 12.5.